The zero-order valence-electron chi connectivity index (χ0n) is 11.9. The molecule has 0 N–H and O–H groups in total. The molecular weight excluding hydrogens is 260 g/mol. The largest absolute Gasteiger partial charge is 0.342 e. The van der Waals surface area contributed by atoms with Gasteiger partial charge in [-0.25, -0.2) is 0 Å². The first-order valence-electron chi connectivity index (χ1n) is 7.14. The van der Waals surface area contributed by atoms with Crippen LogP contribution in [0.2, 0.25) is 0 Å². The SMILES string of the molecule is CCN(CC)C(=O)CN1C(=O)[C@H]2CCC(=O)C[C@H]2C1=O. The van der Waals surface area contributed by atoms with E-state index in [1.165, 1.54) is 0 Å². The van der Waals surface area contributed by atoms with E-state index in [2.05, 4.69) is 0 Å². The molecule has 0 aromatic heterocycles. The van der Waals surface area contributed by atoms with Gasteiger partial charge >= 0.3 is 0 Å². The normalized spacial score (nSPS) is 25.9. The first-order chi connectivity index (χ1) is 9.49. The van der Waals surface area contributed by atoms with Crippen LogP contribution in [0, 0.1) is 11.8 Å². The average molecular weight is 280 g/mol. The molecule has 2 aliphatic rings. The highest BCUT2D eigenvalue weighted by molar-refractivity contribution is 6.09. The number of carbonyl (C=O) groups excluding carboxylic acids is 4. The second-order valence-corrected chi connectivity index (χ2v) is 5.32. The number of nitrogens with zero attached hydrogens (tertiary/aromatic N) is 2. The van der Waals surface area contributed by atoms with E-state index in [4.69, 9.17) is 0 Å². The summed E-state index contributed by atoms with van der Waals surface area (Å²) in [4.78, 5) is 50.5. The molecule has 2 rings (SSSR count). The third-order valence-electron chi connectivity index (χ3n) is 4.24. The molecule has 1 saturated heterocycles. The highest BCUT2D eigenvalue weighted by Gasteiger charge is 2.50. The molecular formula is C14H20N2O4. The van der Waals surface area contributed by atoms with Crippen LogP contribution in [-0.4, -0.2) is 52.9 Å². The molecule has 3 amide bonds. The summed E-state index contributed by atoms with van der Waals surface area (Å²) < 4.78 is 0. The van der Waals surface area contributed by atoms with Crippen molar-refractivity contribution >= 4 is 23.5 Å². The molecule has 6 heteroatoms. The van der Waals surface area contributed by atoms with Crippen LogP contribution >= 0.6 is 0 Å². The third-order valence-corrected chi connectivity index (χ3v) is 4.24. The number of carbonyl (C=O) groups is 4. The molecule has 1 heterocycles. The minimum absolute atomic E-state index is 0.0318. The maximum atomic E-state index is 12.2. The first kappa shape index (κ1) is 14.7. The Hall–Kier alpha value is -1.72. The summed E-state index contributed by atoms with van der Waals surface area (Å²) in [5, 5.41) is 0. The molecule has 1 aliphatic heterocycles. The second kappa shape index (κ2) is 5.73. The molecule has 0 radical (unpaired) electrons. The fourth-order valence-corrected chi connectivity index (χ4v) is 3.04. The lowest BCUT2D eigenvalue weighted by atomic mass is 9.80. The van der Waals surface area contributed by atoms with E-state index in [-0.39, 0.29) is 36.5 Å². The van der Waals surface area contributed by atoms with Crippen molar-refractivity contribution in [3.05, 3.63) is 0 Å². The van der Waals surface area contributed by atoms with Crippen molar-refractivity contribution in [3.63, 3.8) is 0 Å². The van der Waals surface area contributed by atoms with Gasteiger partial charge < -0.3 is 4.90 Å². The van der Waals surface area contributed by atoms with Gasteiger partial charge in [0, 0.05) is 25.9 Å². The van der Waals surface area contributed by atoms with E-state index >= 15 is 0 Å². The van der Waals surface area contributed by atoms with Crippen LogP contribution in [-0.2, 0) is 19.2 Å². The van der Waals surface area contributed by atoms with Gasteiger partial charge in [0.15, 0.2) is 0 Å². The Labute approximate surface area is 118 Å². The number of likely N-dealkylation sites (tertiary alicyclic amines) is 1. The lowest BCUT2D eigenvalue weighted by Crippen LogP contribution is -2.43. The number of hydrogen-bond acceptors (Lipinski definition) is 4. The zero-order chi connectivity index (χ0) is 14.9. The van der Waals surface area contributed by atoms with Crippen LogP contribution in [0.3, 0.4) is 0 Å². The van der Waals surface area contributed by atoms with Crippen LogP contribution in [0.25, 0.3) is 0 Å². The number of hydrogen-bond donors (Lipinski definition) is 0. The summed E-state index contributed by atoms with van der Waals surface area (Å²) in [6.07, 6.45) is 0.938. The topological polar surface area (TPSA) is 74.8 Å². The van der Waals surface area contributed by atoms with E-state index in [0.717, 1.165) is 4.90 Å². The molecule has 1 aliphatic carbocycles. The molecule has 1 saturated carbocycles. The summed E-state index contributed by atoms with van der Waals surface area (Å²) in [5.41, 5.74) is 0. The Bertz CT molecular complexity index is 456. The minimum atomic E-state index is -0.534. The fourth-order valence-electron chi connectivity index (χ4n) is 3.04. The van der Waals surface area contributed by atoms with Crippen LogP contribution in [0.1, 0.15) is 33.1 Å². The summed E-state index contributed by atoms with van der Waals surface area (Å²) in [6.45, 7) is 4.62. The Morgan fingerprint density at radius 3 is 2.35 bits per heavy atom. The number of likely N-dealkylation sites (N-methyl/N-ethyl adjacent to an activating group) is 1. The van der Waals surface area contributed by atoms with E-state index < -0.39 is 11.8 Å². The molecule has 0 spiro atoms. The van der Waals surface area contributed by atoms with Gasteiger partial charge in [-0.3, -0.25) is 24.1 Å². The predicted molar refractivity (Wildman–Crippen MR) is 70.5 cm³/mol. The first-order valence-corrected chi connectivity index (χ1v) is 7.14. The fraction of sp³-hybridized carbons (Fsp3) is 0.714. The smallest absolute Gasteiger partial charge is 0.242 e. The quantitative estimate of drug-likeness (QED) is 0.690. The van der Waals surface area contributed by atoms with Crippen LogP contribution in [0.4, 0.5) is 0 Å². The number of imide groups is 1. The van der Waals surface area contributed by atoms with Crippen LogP contribution < -0.4 is 0 Å². The lowest BCUT2D eigenvalue weighted by molar-refractivity contribution is -0.146. The van der Waals surface area contributed by atoms with Gasteiger partial charge in [-0.1, -0.05) is 0 Å². The van der Waals surface area contributed by atoms with E-state index in [1.807, 2.05) is 13.8 Å². The van der Waals surface area contributed by atoms with Crippen LogP contribution in [0.5, 0.6) is 0 Å². The number of rotatable bonds is 4. The Balaban J connectivity index is 2.09. The van der Waals surface area contributed by atoms with Crippen molar-refractivity contribution in [2.24, 2.45) is 11.8 Å². The summed E-state index contributed by atoms with van der Waals surface area (Å²) in [5.74, 6) is -1.76. The van der Waals surface area contributed by atoms with Crippen LogP contribution in [0.15, 0.2) is 0 Å². The van der Waals surface area contributed by atoms with Gasteiger partial charge in [0.2, 0.25) is 17.7 Å². The summed E-state index contributed by atoms with van der Waals surface area (Å²) in [7, 11) is 0. The molecule has 110 valence electrons. The van der Waals surface area contributed by atoms with Crippen molar-refractivity contribution < 1.29 is 19.2 Å². The maximum Gasteiger partial charge on any atom is 0.242 e. The predicted octanol–water partition coefficient (Wildman–Crippen LogP) is 0.209. The number of Topliss-reactive ketones (excluding diaryl/α,β-unsaturated/α-hetero) is 1. The zero-order valence-corrected chi connectivity index (χ0v) is 11.9. The Morgan fingerprint density at radius 2 is 1.75 bits per heavy atom. The molecule has 0 bridgehead atoms. The molecule has 2 atom stereocenters. The highest BCUT2D eigenvalue weighted by atomic mass is 16.2. The molecule has 0 aromatic rings. The monoisotopic (exact) mass is 280 g/mol. The lowest BCUT2D eigenvalue weighted by Gasteiger charge is -2.22. The Kier molecular flexibility index (Phi) is 4.20. The molecule has 0 aromatic carbocycles. The van der Waals surface area contributed by atoms with Gasteiger partial charge in [-0.2, -0.15) is 0 Å². The van der Waals surface area contributed by atoms with Gasteiger partial charge in [-0.15, -0.1) is 0 Å². The molecule has 2 fully saturated rings. The number of ketones is 1. The van der Waals surface area contributed by atoms with Crippen molar-refractivity contribution in [1.29, 1.82) is 0 Å². The van der Waals surface area contributed by atoms with Crippen molar-refractivity contribution in [2.75, 3.05) is 19.6 Å². The van der Waals surface area contributed by atoms with Gasteiger partial charge in [0.05, 0.1) is 11.8 Å². The summed E-state index contributed by atoms with van der Waals surface area (Å²) in [6, 6.07) is 0. The van der Waals surface area contributed by atoms with Gasteiger partial charge in [-0.05, 0) is 20.3 Å². The molecule has 0 unspecified atom stereocenters. The van der Waals surface area contributed by atoms with Gasteiger partial charge in [0.1, 0.15) is 12.3 Å². The maximum absolute atomic E-state index is 12.2. The molecule has 20 heavy (non-hydrogen) atoms. The van der Waals surface area contributed by atoms with Gasteiger partial charge in [0.25, 0.3) is 0 Å². The van der Waals surface area contributed by atoms with E-state index in [0.29, 0.717) is 25.9 Å². The van der Waals surface area contributed by atoms with Crippen molar-refractivity contribution in [2.45, 2.75) is 33.1 Å². The van der Waals surface area contributed by atoms with Crippen molar-refractivity contribution in [1.82, 2.24) is 9.80 Å². The Morgan fingerprint density at radius 1 is 1.15 bits per heavy atom. The average Bonchev–Trinajstić information content (AvgIpc) is 2.65. The van der Waals surface area contributed by atoms with E-state index in [1.54, 1.807) is 4.90 Å². The standard InChI is InChI=1S/C14H20N2O4/c1-3-15(4-2)12(18)8-16-13(19)10-6-5-9(17)7-11(10)14(16)20/h10-11H,3-8H2,1-2H3/t10-,11+/m0/s1. The second-order valence-electron chi connectivity index (χ2n) is 5.32. The highest BCUT2D eigenvalue weighted by Crippen LogP contribution is 2.36. The third kappa shape index (κ3) is 2.46. The van der Waals surface area contributed by atoms with E-state index in [9.17, 15) is 19.2 Å². The summed E-state index contributed by atoms with van der Waals surface area (Å²) >= 11 is 0. The minimum Gasteiger partial charge on any atom is -0.342 e. The number of fused-ring (bicyclic) bond motifs is 1. The molecule has 6 nitrogen and oxygen atoms in total. The number of amides is 3. The van der Waals surface area contributed by atoms with Crippen molar-refractivity contribution in [3.8, 4) is 0 Å².